The first kappa shape index (κ1) is 30.4. The largest absolute Gasteiger partial charge is 0.457 e. The quantitative estimate of drug-likeness (QED) is 0.151. The number of nitrogens with zero attached hydrogens (tertiary/aromatic N) is 2. The van der Waals surface area contributed by atoms with E-state index in [1.54, 1.807) is 0 Å². The number of para-hydroxylation sites is 2. The van der Waals surface area contributed by atoms with Crippen LogP contribution in [0, 0.1) is 13.8 Å². The van der Waals surface area contributed by atoms with Gasteiger partial charge in [0.25, 0.3) is 0 Å². The zero-order valence-electron chi connectivity index (χ0n) is 27.0. The van der Waals surface area contributed by atoms with Crippen LogP contribution in [0.4, 0.5) is 34.1 Å². The third-order valence-electron chi connectivity index (χ3n) is 8.08. The zero-order valence-corrected chi connectivity index (χ0v) is 27.0. The van der Waals surface area contributed by atoms with Crippen LogP contribution in [-0.2, 0) is 0 Å². The third-order valence-corrected chi connectivity index (χ3v) is 8.08. The summed E-state index contributed by atoms with van der Waals surface area (Å²) in [5.41, 5.74) is 8.94. The third kappa shape index (κ3) is 7.09. The molecule has 4 nitrogen and oxygen atoms in total. The van der Waals surface area contributed by atoms with E-state index in [1.807, 2.05) is 60.7 Å². The molecule has 0 radical (unpaired) electrons. The smallest absolute Gasteiger partial charge is 0.131 e. The SMILES string of the molecule is Cc1ccc(N(c2ccc(C)cc2)c2ccc(Oc3cccc(Oc4ccc(N(c5ccccc5)c5ccccc5)cc4)c3)cc2)cc1. The molecule has 48 heavy (non-hydrogen) atoms. The van der Waals surface area contributed by atoms with Gasteiger partial charge in [-0.1, -0.05) is 77.9 Å². The van der Waals surface area contributed by atoms with Crippen molar-refractivity contribution >= 4 is 34.1 Å². The first-order valence-electron chi connectivity index (χ1n) is 16.1. The van der Waals surface area contributed by atoms with E-state index in [0.717, 1.165) is 45.6 Å². The summed E-state index contributed by atoms with van der Waals surface area (Å²) in [5.74, 6) is 2.89. The molecular formula is C44H36N2O2. The van der Waals surface area contributed by atoms with Crippen molar-refractivity contribution in [1.29, 1.82) is 0 Å². The maximum atomic E-state index is 6.28. The van der Waals surface area contributed by atoms with E-state index in [0.29, 0.717) is 11.5 Å². The highest BCUT2D eigenvalue weighted by Gasteiger charge is 2.14. The Morgan fingerprint density at radius 3 is 0.958 bits per heavy atom. The van der Waals surface area contributed by atoms with Gasteiger partial charge in [-0.3, -0.25) is 0 Å². The molecule has 0 aliphatic heterocycles. The van der Waals surface area contributed by atoms with Crippen LogP contribution in [0.15, 0.2) is 182 Å². The Morgan fingerprint density at radius 1 is 0.292 bits per heavy atom. The number of anilines is 6. The molecule has 0 heterocycles. The van der Waals surface area contributed by atoms with E-state index in [4.69, 9.17) is 9.47 Å². The van der Waals surface area contributed by atoms with Crippen LogP contribution in [0.25, 0.3) is 0 Å². The second-order valence-electron chi connectivity index (χ2n) is 11.7. The molecular weight excluding hydrogens is 588 g/mol. The fourth-order valence-corrected chi connectivity index (χ4v) is 5.64. The predicted octanol–water partition coefficient (Wildman–Crippen LogP) is 12.8. The highest BCUT2D eigenvalue weighted by molar-refractivity contribution is 5.78. The first-order chi connectivity index (χ1) is 23.6. The van der Waals surface area contributed by atoms with Crippen LogP contribution >= 0.6 is 0 Å². The lowest BCUT2D eigenvalue weighted by Gasteiger charge is -2.26. The van der Waals surface area contributed by atoms with Crippen LogP contribution in [0.2, 0.25) is 0 Å². The van der Waals surface area contributed by atoms with Crippen molar-refractivity contribution in [3.63, 3.8) is 0 Å². The Hall–Kier alpha value is -6.26. The average molecular weight is 625 g/mol. The molecule has 4 heteroatoms. The number of hydrogen-bond donors (Lipinski definition) is 0. The maximum absolute atomic E-state index is 6.28. The number of hydrogen-bond acceptors (Lipinski definition) is 4. The van der Waals surface area contributed by atoms with Gasteiger partial charge in [-0.25, -0.2) is 0 Å². The summed E-state index contributed by atoms with van der Waals surface area (Å²) >= 11 is 0. The van der Waals surface area contributed by atoms with E-state index < -0.39 is 0 Å². The highest BCUT2D eigenvalue weighted by Crippen LogP contribution is 2.38. The molecule has 0 bridgehead atoms. The Labute approximate surface area is 282 Å². The summed E-state index contributed by atoms with van der Waals surface area (Å²) in [6.07, 6.45) is 0. The molecule has 0 aromatic heterocycles. The normalized spacial score (nSPS) is 10.7. The number of rotatable bonds is 10. The number of aryl methyl sites for hydroxylation is 2. The molecule has 0 fully saturated rings. The molecule has 234 valence electrons. The van der Waals surface area contributed by atoms with Crippen LogP contribution in [0.1, 0.15) is 11.1 Å². The van der Waals surface area contributed by atoms with Crippen LogP contribution in [0.3, 0.4) is 0 Å². The molecule has 7 rings (SSSR count). The Kier molecular flexibility index (Phi) is 8.88. The minimum atomic E-state index is 0.699. The van der Waals surface area contributed by atoms with Crippen LogP contribution in [0.5, 0.6) is 23.0 Å². The monoisotopic (exact) mass is 624 g/mol. The molecule has 0 saturated heterocycles. The van der Waals surface area contributed by atoms with E-state index in [-0.39, 0.29) is 0 Å². The van der Waals surface area contributed by atoms with Gasteiger partial charge in [0, 0.05) is 40.2 Å². The Bertz CT molecular complexity index is 1970. The molecule has 0 saturated carbocycles. The number of ether oxygens (including phenoxy) is 2. The Morgan fingerprint density at radius 2 is 0.604 bits per heavy atom. The molecule has 7 aromatic carbocycles. The van der Waals surface area contributed by atoms with Gasteiger partial charge in [0.1, 0.15) is 23.0 Å². The van der Waals surface area contributed by atoms with Gasteiger partial charge in [-0.2, -0.15) is 0 Å². The van der Waals surface area contributed by atoms with Gasteiger partial charge >= 0.3 is 0 Å². The standard InChI is InChI=1S/C44H36N2O2/c1-33-16-20-37(21-17-33)46(38-22-18-34(2)19-23-38)40-26-30-42(31-27-40)48-44-15-9-14-43(32-44)47-41-28-24-39(25-29-41)45(35-10-5-3-6-11-35)36-12-7-4-8-13-36/h3-32H,1-2H3. The minimum Gasteiger partial charge on any atom is -0.457 e. The second-order valence-corrected chi connectivity index (χ2v) is 11.7. The van der Waals surface area contributed by atoms with Gasteiger partial charge in [-0.05, 0) is 123 Å². The van der Waals surface area contributed by atoms with Crippen molar-refractivity contribution in [2.75, 3.05) is 9.80 Å². The lowest BCUT2D eigenvalue weighted by atomic mass is 10.1. The van der Waals surface area contributed by atoms with Gasteiger partial charge in [-0.15, -0.1) is 0 Å². The molecule has 0 atom stereocenters. The molecule has 0 spiro atoms. The van der Waals surface area contributed by atoms with E-state index in [1.165, 1.54) is 11.1 Å². The van der Waals surface area contributed by atoms with Gasteiger partial charge in [0.15, 0.2) is 0 Å². The summed E-state index contributed by atoms with van der Waals surface area (Å²) in [6, 6.07) is 61.9. The van der Waals surface area contributed by atoms with Crippen molar-refractivity contribution in [2.24, 2.45) is 0 Å². The fraction of sp³-hybridized carbons (Fsp3) is 0.0455. The lowest BCUT2D eigenvalue weighted by Crippen LogP contribution is -2.09. The second kappa shape index (κ2) is 14.0. The van der Waals surface area contributed by atoms with Crippen LogP contribution in [-0.4, -0.2) is 0 Å². The molecule has 0 amide bonds. The summed E-state index contributed by atoms with van der Waals surface area (Å²) in [6.45, 7) is 4.21. The van der Waals surface area contributed by atoms with Gasteiger partial charge < -0.3 is 19.3 Å². The Balaban J connectivity index is 1.07. The topological polar surface area (TPSA) is 24.9 Å². The van der Waals surface area contributed by atoms with Gasteiger partial charge in [0.2, 0.25) is 0 Å². The summed E-state index contributed by atoms with van der Waals surface area (Å²) in [7, 11) is 0. The van der Waals surface area contributed by atoms with Crippen molar-refractivity contribution in [2.45, 2.75) is 13.8 Å². The average Bonchev–Trinajstić information content (AvgIpc) is 3.13. The van der Waals surface area contributed by atoms with E-state index in [9.17, 15) is 0 Å². The predicted molar refractivity (Wildman–Crippen MR) is 198 cm³/mol. The number of benzene rings is 7. The summed E-state index contributed by atoms with van der Waals surface area (Å²) < 4.78 is 12.5. The van der Waals surface area contributed by atoms with E-state index >= 15 is 0 Å². The summed E-state index contributed by atoms with van der Waals surface area (Å²) in [4.78, 5) is 4.48. The zero-order chi connectivity index (χ0) is 32.7. The highest BCUT2D eigenvalue weighted by atomic mass is 16.5. The van der Waals surface area contributed by atoms with E-state index in [2.05, 4.69) is 145 Å². The lowest BCUT2D eigenvalue weighted by molar-refractivity contribution is 0.460. The van der Waals surface area contributed by atoms with Crippen molar-refractivity contribution in [3.8, 4) is 23.0 Å². The summed E-state index contributed by atoms with van der Waals surface area (Å²) in [5, 5.41) is 0. The minimum absolute atomic E-state index is 0.699. The van der Waals surface area contributed by atoms with Crippen molar-refractivity contribution in [3.05, 3.63) is 193 Å². The van der Waals surface area contributed by atoms with Gasteiger partial charge in [0.05, 0.1) is 0 Å². The molecule has 0 aliphatic carbocycles. The molecule has 0 unspecified atom stereocenters. The maximum Gasteiger partial charge on any atom is 0.131 e. The molecule has 0 N–H and O–H groups in total. The van der Waals surface area contributed by atoms with Crippen molar-refractivity contribution in [1.82, 2.24) is 0 Å². The van der Waals surface area contributed by atoms with Crippen LogP contribution < -0.4 is 19.3 Å². The molecule has 7 aromatic rings. The molecule has 0 aliphatic rings. The fourth-order valence-electron chi connectivity index (χ4n) is 5.64. The van der Waals surface area contributed by atoms with Crippen molar-refractivity contribution < 1.29 is 9.47 Å². The first-order valence-corrected chi connectivity index (χ1v) is 16.1.